The molecule has 0 aliphatic rings. The molecule has 1 N–H and O–H groups in total. The van der Waals surface area contributed by atoms with Crippen LogP contribution in [-0.2, 0) is 4.79 Å². The summed E-state index contributed by atoms with van der Waals surface area (Å²) in [5, 5.41) is 12.8. The fourth-order valence-corrected chi connectivity index (χ4v) is 2.81. The SMILES string of the molecule is CCCC(=O)Nc1nnc(-c2ccc(Cl)cc2Cl)s1. The Kier molecular flexibility index (Phi) is 4.74. The number of nitrogens with zero attached hydrogens (tertiary/aromatic N) is 2. The highest BCUT2D eigenvalue weighted by atomic mass is 35.5. The summed E-state index contributed by atoms with van der Waals surface area (Å²) in [7, 11) is 0. The molecule has 0 atom stereocenters. The number of carbonyl (C=O) groups excluding carboxylic acids is 1. The van der Waals surface area contributed by atoms with Gasteiger partial charge in [0.05, 0.1) is 5.02 Å². The van der Waals surface area contributed by atoms with Crippen molar-refractivity contribution in [2.45, 2.75) is 19.8 Å². The van der Waals surface area contributed by atoms with Crippen LogP contribution in [0.3, 0.4) is 0 Å². The second-order valence-corrected chi connectivity index (χ2v) is 5.66. The second-order valence-electron chi connectivity index (χ2n) is 3.83. The van der Waals surface area contributed by atoms with Crippen LogP contribution in [0.4, 0.5) is 5.13 Å². The third-order valence-corrected chi connectivity index (χ3v) is 3.73. The Morgan fingerprint density at radius 3 is 2.84 bits per heavy atom. The van der Waals surface area contributed by atoms with Crippen LogP contribution in [0.15, 0.2) is 18.2 Å². The van der Waals surface area contributed by atoms with E-state index < -0.39 is 0 Å². The van der Waals surface area contributed by atoms with Gasteiger partial charge < -0.3 is 5.32 Å². The zero-order chi connectivity index (χ0) is 13.8. The fourth-order valence-electron chi connectivity index (χ4n) is 1.45. The first-order valence-corrected chi connectivity index (χ1v) is 7.26. The molecular weight excluding hydrogens is 305 g/mol. The molecule has 2 aromatic rings. The van der Waals surface area contributed by atoms with E-state index in [4.69, 9.17) is 23.2 Å². The van der Waals surface area contributed by atoms with E-state index in [0.717, 1.165) is 12.0 Å². The van der Waals surface area contributed by atoms with Gasteiger partial charge in [-0.2, -0.15) is 0 Å². The molecule has 0 bridgehead atoms. The van der Waals surface area contributed by atoms with Crippen LogP contribution in [0.2, 0.25) is 10.0 Å². The molecule has 2 rings (SSSR count). The molecule has 19 heavy (non-hydrogen) atoms. The maximum atomic E-state index is 11.5. The maximum absolute atomic E-state index is 11.5. The number of benzene rings is 1. The van der Waals surface area contributed by atoms with Crippen molar-refractivity contribution >= 4 is 45.6 Å². The lowest BCUT2D eigenvalue weighted by Crippen LogP contribution is -2.10. The predicted molar refractivity (Wildman–Crippen MR) is 78.9 cm³/mol. The standard InChI is InChI=1S/C12H11Cl2N3OS/c1-2-3-10(18)15-12-17-16-11(19-12)8-5-4-7(13)6-9(8)14/h4-6H,2-3H2,1H3,(H,15,17,18). The van der Waals surface area contributed by atoms with Crippen molar-refractivity contribution in [1.29, 1.82) is 0 Å². The Morgan fingerprint density at radius 1 is 1.37 bits per heavy atom. The third kappa shape index (κ3) is 3.65. The molecule has 0 saturated heterocycles. The van der Waals surface area contributed by atoms with Gasteiger partial charge in [0.1, 0.15) is 0 Å². The van der Waals surface area contributed by atoms with Crippen molar-refractivity contribution in [3.8, 4) is 10.6 Å². The van der Waals surface area contributed by atoms with Crippen molar-refractivity contribution in [1.82, 2.24) is 10.2 Å². The minimum Gasteiger partial charge on any atom is -0.301 e. The number of nitrogens with one attached hydrogen (secondary N) is 1. The molecule has 0 aliphatic heterocycles. The number of amides is 1. The minimum absolute atomic E-state index is 0.0626. The van der Waals surface area contributed by atoms with E-state index in [0.29, 0.717) is 26.6 Å². The first-order valence-electron chi connectivity index (χ1n) is 5.69. The molecule has 1 aromatic heterocycles. The zero-order valence-corrected chi connectivity index (χ0v) is 12.4. The minimum atomic E-state index is -0.0626. The van der Waals surface area contributed by atoms with Gasteiger partial charge in [-0.15, -0.1) is 10.2 Å². The number of carbonyl (C=O) groups is 1. The van der Waals surface area contributed by atoms with Crippen LogP contribution >= 0.6 is 34.5 Å². The molecule has 0 spiro atoms. The van der Waals surface area contributed by atoms with Crippen LogP contribution in [0, 0.1) is 0 Å². The van der Waals surface area contributed by atoms with Crippen molar-refractivity contribution in [3.05, 3.63) is 28.2 Å². The largest absolute Gasteiger partial charge is 0.301 e. The predicted octanol–water partition coefficient (Wildman–Crippen LogP) is 4.25. The average molecular weight is 316 g/mol. The first kappa shape index (κ1) is 14.2. The second kappa shape index (κ2) is 6.32. The topological polar surface area (TPSA) is 54.9 Å². The van der Waals surface area contributed by atoms with Gasteiger partial charge in [0.2, 0.25) is 11.0 Å². The average Bonchev–Trinajstić information content (AvgIpc) is 2.77. The van der Waals surface area contributed by atoms with Gasteiger partial charge >= 0.3 is 0 Å². The van der Waals surface area contributed by atoms with Gasteiger partial charge in [-0.1, -0.05) is 41.5 Å². The lowest BCUT2D eigenvalue weighted by Gasteiger charge is -1.99. The number of rotatable bonds is 4. The van der Waals surface area contributed by atoms with E-state index in [1.165, 1.54) is 11.3 Å². The van der Waals surface area contributed by atoms with Crippen LogP contribution in [0.25, 0.3) is 10.6 Å². The molecule has 1 aromatic carbocycles. The van der Waals surface area contributed by atoms with E-state index in [1.54, 1.807) is 18.2 Å². The Morgan fingerprint density at radius 2 is 2.16 bits per heavy atom. The van der Waals surface area contributed by atoms with Gasteiger partial charge in [0, 0.05) is 17.0 Å². The highest BCUT2D eigenvalue weighted by Crippen LogP contribution is 2.33. The summed E-state index contributed by atoms with van der Waals surface area (Å²) in [5.41, 5.74) is 0.750. The first-order chi connectivity index (χ1) is 9.10. The summed E-state index contributed by atoms with van der Waals surface area (Å²) in [6.07, 6.45) is 1.26. The number of halogens is 2. The Bertz CT molecular complexity index is 600. The van der Waals surface area contributed by atoms with E-state index >= 15 is 0 Å². The lowest BCUT2D eigenvalue weighted by molar-refractivity contribution is -0.116. The van der Waals surface area contributed by atoms with Crippen molar-refractivity contribution in [2.75, 3.05) is 5.32 Å². The normalized spacial score (nSPS) is 10.5. The molecule has 1 heterocycles. The van der Waals surface area contributed by atoms with Crippen LogP contribution < -0.4 is 5.32 Å². The Hall–Kier alpha value is -1.17. The van der Waals surface area contributed by atoms with Crippen LogP contribution in [0.1, 0.15) is 19.8 Å². The Labute approximate surface area is 124 Å². The third-order valence-electron chi connectivity index (χ3n) is 2.31. The molecule has 0 aliphatic carbocycles. The molecule has 1 amide bonds. The van der Waals surface area contributed by atoms with Gasteiger partial charge in [-0.3, -0.25) is 4.79 Å². The Balaban J connectivity index is 2.18. The monoisotopic (exact) mass is 315 g/mol. The number of hydrogen-bond donors (Lipinski definition) is 1. The molecule has 0 fully saturated rings. The summed E-state index contributed by atoms with van der Waals surface area (Å²) >= 11 is 13.2. The molecular formula is C12H11Cl2N3OS. The molecule has 4 nitrogen and oxygen atoms in total. The molecule has 0 radical (unpaired) electrons. The number of hydrogen-bond acceptors (Lipinski definition) is 4. The maximum Gasteiger partial charge on any atom is 0.226 e. The van der Waals surface area contributed by atoms with Crippen molar-refractivity contribution in [2.24, 2.45) is 0 Å². The summed E-state index contributed by atoms with van der Waals surface area (Å²) in [5.74, 6) is -0.0626. The van der Waals surface area contributed by atoms with Gasteiger partial charge in [-0.05, 0) is 24.6 Å². The van der Waals surface area contributed by atoms with Gasteiger partial charge in [0.15, 0.2) is 5.01 Å². The highest BCUT2D eigenvalue weighted by molar-refractivity contribution is 7.18. The molecule has 0 unspecified atom stereocenters. The highest BCUT2D eigenvalue weighted by Gasteiger charge is 2.12. The van der Waals surface area contributed by atoms with Gasteiger partial charge in [0.25, 0.3) is 0 Å². The fraction of sp³-hybridized carbons (Fsp3) is 0.250. The van der Waals surface area contributed by atoms with E-state index in [-0.39, 0.29) is 5.91 Å². The molecule has 100 valence electrons. The number of anilines is 1. The van der Waals surface area contributed by atoms with E-state index in [1.807, 2.05) is 6.92 Å². The van der Waals surface area contributed by atoms with E-state index in [2.05, 4.69) is 15.5 Å². The summed E-state index contributed by atoms with van der Waals surface area (Å²) in [6, 6.07) is 5.16. The molecule has 0 saturated carbocycles. The summed E-state index contributed by atoms with van der Waals surface area (Å²) in [6.45, 7) is 1.94. The van der Waals surface area contributed by atoms with Crippen LogP contribution in [-0.4, -0.2) is 16.1 Å². The van der Waals surface area contributed by atoms with E-state index in [9.17, 15) is 4.79 Å². The van der Waals surface area contributed by atoms with Gasteiger partial charge in [-0.25, -0.2) is 0 Å². The summed E-state index contributed by atoms with van der Waals surface area (Å²) < 4.78 is 0. The zero-order valence-electron chi connectivity index (χ0n) is 10.1. The van der Waals surface area contributed by atoms with Crippen molar-refractivity contribution < 1.29 is 4.79 Å². The van der Waals surface area contributed by atoms with Crippen molar-refractivity contribution in [3.63, 3.8) is 0 Å². The number of aromatic nitrogens is 2. The van der Waals surface area contributed by atoms with Crippen LogP contribution in [0.5, 0.6) is 0 Å². The smallest absolute Gasteiger partial charge is 0.226 e. The summed E-state index contributed by atoms with van der Waals surface area (Å²) in [4.78, 5) is 11.5. The molecule has 7 heteroatoms. The quantitative estimate of drug-likeness (QED) is 0.917. The lowest BCUT2D eigenvalue weighted by atomic mass is 10.2.